The second-order valence-corrected chi connectivity index (χ2v) is 2.61. The number of rotatable bonds is 3. The summed E-state index contributed by atoms with van der Waals surface area (Å²) in [5.41, 5.74) is 0.368. The molecule has 6 nitrogen and oxygen atoms in total. The van der Waals surface area contributed by atoms with Crippen LogP contribution in [0, 0.1) is 0 Å². The van der Waals surface area contributed by atoms with Gasteiger partial charge in [-0.05, 0) is 0 Å². The van der Waals surface area contributed by atoms with Gasteiger partial charge in [0.25, 0.3) is 0 Å². The van der Waals surface area contributed by atoms with Gasteiger partial charge in [-0.2, -0.15) is 0 Å². The van der Waals surface area contributed by atoms with Gasteiger partial charge in [0.1, 0.15) is 11.8 Å². The molecule has 0 saturated carbocycles. The summed E-state index contributed by atoms with van der Waals surface area (Å²) in [6.07, 6.45) is 0.504. The van der Waals surface area contributed by atoms with E-state index < -0.39 is 12.1 Å². The van der Waals surface area contributed by atoms with Crippen molar-refractivity contribution in [1.29, 1.82) is 0 Å². The molecule has 0 aliphatic carbocycles. The second-order valence-electron chi connectivity index (χ2n) is 2.61. The molecule has 72 valence electrons. The number of hydrogen-bond donors (Lipinski definition) is 1. The number of carbonyl (C=O) groups is 1. The number of methoxy groups -OCH3 is 1. The number of aliphatic hydroxyl groups is 1. The molecular formula is C7H11N3O3. The summed E-state index contributed by atoms with van der Waals surface area (Å²) in [5.74, 6) is -0.474. The predicted octanol–water partition coefficient (Wildman–Crippen LogP) is -0.588. The van der Waals surface area contributed by atoms with Gasteiger partial charge in [-0.3, -0.25) is 9.48 Å². The highest BCUT2D eigenvalue weighted by molar-refractivity contribution is 5.69. The minimum absolute atomic E-state index is 0.102. The fourth-order valence-corrected chi connectivity index (χ4v) is 0.864. The van der Waals surface area contributed by atoms with Gasteiger partial charge in [0.15, 0.2) is 0 Å². The van der Waals surface area contributed by atoms with Crippen molar-refractivity contribution in [3.63, 3.8) is 0 Å². The zero-order chi connectivity index (χ0) is 9.84. The van der Waals surface area contributed by atoms with Gasteiger partial charge in [-0.15, -0.1) is 5.10 Å². The van der Waals surface area contributed by atoms with E-state index >= 15 is 0 Å². The van der Waals surface area contributed by atoms with Crippen LogP contribution in [-0.2, 0) is 16.6 Å². The number of nitrogens with zero attached hydrogens (tertiary/aromatic N) is 3. The Morgan fingerprint density at radius 3 is 3.00 bits per heavy atom. The van der Waals surface area contributed by atoms with E-state index in [-0.39, 0.29) is 6.42 Å². The number of esters is 1. The molecule has 0 unspecified atom stereocenters. The maximum absolute atomic E-state index is 10.8. The van der Waals surface area contributed by atoms with Crippen molar-refractivity contribution in [3.8, 4) is 0 Å². The average molecular weight is 185 g/mol. The maximum Gasteiger partial charge on any atom is 0.308 e. The van der Waals surface area contributed by atoms with Crippen LogP contribution in [0.25, 0.3) is 0 Å². The largest absolute Gasteiger partial charge is 0.469 e. The first-order valence-corrected chi connectivity index (χ1v) is 3.74. The van der Waals surface area contributed by atoms with Gasteiger partial charge in [-0.25, -0.2) is 0 Å². The van der Waals surface area contributed by atoms with E-state index in [0.29, 0.717) is 5.69 Å². The molecule has 0 bridgehead atoms. The third-order valence-corrected chi connectivity index (χ3v) is 1.55. The monoisotopic (exact) mass is 185 g/mol. The zero-order valence-corrected chi connectivity index (χ0v) is 7.47. The van der Waals surface area contributed by atoms with Crippen LogP contribution in [0.4, 0.5) is 0 Å². The lowest BCUT2D eigenvalue weighted by Gasteiger charge is -2.03. The first-order valence-electron chi connectivity index (χ1n) is 3.74. The van der Waals surface area contributed by atoms with Gasteiger partial charge in [0.2, 0.25) is 0 Å². The summed E-state index contributed by atoms with van der Waals surface area (Å²) in [6, 6.07) is 0. The Morgan fingerprint density at radius 2 is 2.54 bits per heavy atom. The Labute approximate surface area is 75.1 Å². The predicted molar refractivity (Wildman–Crippen MR) is 42.6 cm³/mol. The Kier molecular flexibility index (Phi) is 2.97. The average Bonchev–Trinajstić information content (AvgIpc) is 2.51. The van der Waals surface area contributed by atoms with Crippen molar-refractivity contribution in [2.75, 3.05) is 7.11 Å². The van der Waals surface area contributed by atoms with Crippen molar-refractivity contribution in [2.24, 2.45) is 7.05 Å². The van der Waals surface area contributed by atoms with Gasteiger partial charge < -0.3 is 9.84 Å². The van der Waals surface area contributed by atoms with Gasteiger partial charge >= 0.3 is 5.97 Å². The second kappa shape index (κ2) is 3.99. The number of ether oxygens (including phenoxy) is 1. The Balaban J connectivity index is 2.58. The lowest BCUT2D eigenvalue weighted by atomic mass is 10.2. The van der Waals surface area contributed by atoms with Crippen LogP contribution in [0.5, 0.6) is 0 Å². The van der Waals surface area contributed by atoms with E-state index in [1.807, 2.05) is 0 Å². The molecule has 1 aromatic rings. The van der Waals surface area contributed by atoms with Crippen LogP contribution < -0.4 is 0 Å². The molecule has 0 aliphatic heterocycles. The third kappa shape index (κ3) is 2.51. The molecule has 0 aliphatic rings. The van der Waals surface area contributed by atoms with Crippen LogP contribution in [0.3, 0.4) is 0 Å². The van der Waals surface area contributed by atoms with E-state index in [4.69, 9.17) is 0 Å². The summed E-state index contributed by atoms with van der Waals surface area (Å²) < 4.78 is 5.85. The quantitative estimate of drug-likeness (QED) is 0.637. The number of hydrogen-bond acceptors (Lipinski definition) is 5. The number of aryl methyl sites for hydroxylation is 1. The van der Waals surface area contributed by atoms with Gasteiger partial charge in [0.05, 0.1) is 19.7 Å². The lowest BCUT2D eigenvalue weighted by molar-refractivity contribution is -0.142. The molecule has 0 aromatic carbocycles. The molecule has 1 rings (SSSR count). The van der Waals surface area contributed by atoms with Crippen LogP contribution >= 0.6 is 0 Å². The normalized spacial score (nSPS) is 12.5. The Morgan fingerprint density at radius 1 is 1.85 bits per heavy atom. The van der Waals surface area contributed by atoms with Crippen molar-refractivity contribution < 1.29 is 14.6 Å². The van der Waals surface area contributed by atoms with Crippen LogP contribution in [-0.4, -0.2) is 33.2 Å². The van der Waals surface area contributed by atoms with E-state index in [1.54, 1.807) is 13.2 Å². The fraction of sp³-hybridized carbons (Fsp3) is 0.571. The molecule has 6 heteroatoms. The third-order valence-electron chi connectivity index (χ3n) is 1.55. The van der Waals surface area contributed by atoms with E-state index in [2.05, 4.69) is 15.0 Å². The van der Waals surface area contributed by atoms with E-state index in [0.717, 1.165) is 0 Å². The van der Waals surface area contributed by atoms with E-state index in [1.165, 1.54) is 11.8 Å². The standard InChI is InChI=1S/C7H11N3O3/c1-10-4-5(8-9-10)6(11)3-7(12)13-2/h4,6,11H,3H2,1-2H3/t6-/m0/s1. The molecule has 1 atom stereocenters. The number of aliphatic hydroxyl groups excluding tert-OH is 1. The fourth-order valence-electron chi connectivity index (χ4n) is 0.864. The summed E-state index contributed by atoms with van der Waals surface area (Å²) in [7, 11) is 2.95. The first-order chi connectivity index (χ1) is 6.13. The smallest absolute Gasteiger partial charge is 0.308 e. The van der Waals surface area contributed by atoms with Crippen molar-refractivity contribution in [3.05, 3.63) is 11.9 Å². The Bertz CT molecular complexity index is 297. The number of aromatic nitrogens is 3. The molecule has 13 heavy (non-hydrogen) atoms. The number of carbonyl (C=O) groups excluding carboxylic acids is 1. The van der Waals surface area contributed by atoms with Crippen molar-refractivity contribution in [1.82, 2.24) is 15.0 Å². The van der Waals surface area contributed by atoms with Crippen LogP contribution in [0.2, 0.25) is 0 Å². The SMILES string of the molecule is COC(=O)C[C@H](O)c1cn(C)nn1. The van der Waals surface area contributed by atoms with Gasteiger partial charge in [-0.1, -0.05) is 5.21 Å². The van der Waals surface area contributed by atoms with Crippen molar-refractivity contribution >= 4 is 5.97 Å². The van der Waals surface area contributed by atoms with E-state index in [9.17, 15) is 9.90 Å². The Hall–Kier alpha value is -1.43. The molecule has 1 aromatic heterocycles. The summed E-state index contributed by atoms with van der Waals surface area (Å²) in [6.45, 7) is 0. The molecule has 1 heterocycles. The molecule has 0 amide bonds. The minimum atomic E-state index is -0.943. The summed E-state index contributed by atoms with van der Waals surface area (Å²) >= 11 is 0. The summed E-state index contributed by atoms with van der Waals surface area (Å²) in [4.78, 5) is 10.8. The topological polar surface area (TPSA) is 77.2 Å². The molecule has 0 saturated heterocycles. The highest BCUT2D eigenvalue weighted by Gasteiger charge is 2.15. The minimum Gasteiger partial charge on any atom is -0.469 e. The van der Waals surface area contributed by atoms with Crippen molar-refractivity contribution in [2.45, 2.75) is 12.5 Å². The highest BCUT2D eigenvalue weighted by atomic mass is 16.5. The van der Waals surface area contributed by atoms with Crippen LogP contribution in [0.15, 0.2) is 6.20 Å². The molecule has 1 N–H and O–H groups in total. The molecular weight excluding hydrogens is 174 g/mol. The first kappa shape index (κ1) is 9.66. The molecule has 0 radical (unpaired) electrons. The van der Waals surface area contributed by atoms with Gasteiger partial charge in [0, 0.05) is 7.05 Å². The zero-order valence-electron chi connectivity index (χ0n) is 7.47. The van der Waals surface area contributed by atoms with Crippen LogP contribution in [0.1, 0.15) is 18.2 Å². The molecule has 0 fully saturated rings. The summed E-state index contributed by atoms with van der Waals surface area (Å²) in [5, 5.41) is 16.7. The lowest BCUT2D eigenvalue weighted by Crippen LogP contribution is -2.08. The maximum atomic E-state index is 10.8. The highest BCUT2D eigenvalue weighted by Crippen LogP contribution is 2.12. The molecule has 0 spiro atoms.